The lowest BCUT2D eigenvalue weighted by Gasteiger charge is -2.33. The van der Waals surface area contributed by atoms with Gasteiger partial charge in [0.05, 0.1) is 18.8 Å². The molecule has 1 aliphatic carbocycles. The Morgan fingerprint density at radius 3 is 2.71 bits per heavy atom. The van der Waals surface area contributed by atoms with E-state index in [9.17, 15) is 4.79 Å². The second-order valence-electron chi connectivity index (χ2n) is 8.69. The van der Waals surface area contributed by atoms with E-state index < -0.39 is 0 Å². The zero-order valence-electron chi connectivity index (χ0n) is 18.3. The Hall–Kier alpha value is -2.37. The molecule has 0 radical (unpaired) electrons. The lowest BCUT2D eigenvalue weighted by atomic mass is 10.1. The van der Waals surface area contributed by atoms with E-state index in [1.807, 2.05) is 18.2 Å². The Bertz CT molecular complexity index is 820. The second-order valence-corrected chi connectivity index (χ2v) is 8.69. The highest BCUT2D eigenvalue weighted by molar-refractivity contribution is 5.76. The number of amides is 1. The van der Waals surface area contributed by atoms with Gasteiger partial charge in [0, 0.05) is 32.6 Å². The Kier molecular flexibility index (Phi) is 7.97. The van der Waals surface area contributed by atoms with Crippen molar-refractivity contribution >= 4 is 5.91 Å². The van der Waals surface area contributed by atoms with Crippen LogP contribution in [0.5, 0.6) is 5.75 Å². The average Bonchev–Trinajstić information content (AvgIpc) is 3.31. The van der Waals surface area contributed by atoms with Crippen molar-refractivity contribution in [2.45, 2.75) is 57.3 Å². The normalized spacial score (nSPS) is 19.9. The van der Waals surface area contributed by atoms with E-state index in [1.54, 1.807) is 0 Å². The number of hydrogen-bond acceptors (Lipinski definition) is 4. The molecule has 1 atom stereocenters. The maximum absolute atomic E-state index is 12.4. The van der Waals surface area contributed by atoms with Crippen LogP contribution in [0.2, 0.25) is 0 Å². The van der Waals surface area contributed by atoms with Crippen molar-refractivity contribution in [2.24, 2.45) is 0 Å². The fraction of sp³-hybridized carbons (Fsp3) is 0.500. The van der Waals surface area contributed by atoms with Gasteiger partial charge < -0.3 is 14.8 Å². The summed E-state index contributed by atoms with van der Waals surface area (Å²) in [7, 11) is 0. The van der Waals surface area contributed by atoms with E-state index >= 15 is 0 Å². The lowest BCUT2D eigenvalue weighted by molar-refractivity contribution is -0.122. The van der Waals surface area contributed by atoms with Crippen LogP contribution >= 0.6 is 0 Å². The summed E-state index contributed by atoms with van der Waals surface area (Å²) >= 11 is 0. The van der Waals surface area contributed by atoms with Crippen molar-refractivity contribution in [1.29, 1.82) is 0 Å². The maximum Gasteiger partial charge on any atom is 0.220 e. The van der Waals surface area contributed by atoms with Gasteiger partial charge in [0.2, 0.25) is 5.91 Å². The molecule has 1 N–H and O–H groups in total. The zero-order chi connectivity index (χ0) is 21.3. The SMILES string of the molecule is O=C(CCc1cccc(OC2CCCC2)c1)NCC1CN(Cc2ccccc2)CCO1. The van der Waals surface area contributed by atoms with Crippen molar-refractivity contribution in [3.63, 3.8) is 0 Å². The highest BCUT2D eigenvalue weighted by atomic mass is 16.5. The number of aryl methyl sites for hydroxylation is 1. The molecule has 2 aromatic carbocycles. The standard InChI is InChI=1S/C26H34N2O3/c29-26(14-13-21-9-6-12-24(17-21)31-23-10-4-5-11-23)27-18-25-20-28(15-16-30-25)19-22-7-2-1-3-8-22/h1-3,6-9,12,17,23,25H,4-5,10-11,13-16,18-20H2,(H,27,29). The summed E-state index contributed by atoms with van der Waals surface area (Å²) in [6.07, 6.45) is 6.43. The summed E-state index contributed by atoms with van der Waals surface area (Å²) in [5.74, 6) is 1.00. The van der Waals surface area contributed by atoms with E-state index in [-0.39, 0.29) is 12.0 Å². The minimum absolute atomic E-state index is 0.0459. The van der Waals surface area contributed by atoms with Gasteiger partial charge in [0.15, 0.2) is 0 Å². The minimum atomic E-state index is 0.0459. The largest absolute Gasteiger partial charge is 0.490 e. The van der Waals surface area contributed by atoms with Crippen LogP contribution in [-0.4, -0.2) is 49.3 Å². The predicted molar refractivity (Wildman–Crippen MR) is 122 cm³/mol. The molecular formula is C26H34N2O3. The highest BCUT2D eigenvalue weighted by Gasteiger charge is 2.21. The molecule has 5 heteroatoms. The number of rotatable bonds is 9. The number of benzene rings is 2. The first-order chi connectivity index (χ1) is 15.2. The van der Waals surface area contributed by atoms with Crippen LogP contribution in [0.4, 0.5) is 0 Å². The number of hydrogen-bond donors (Lipinski definition) is 1. The molecule has 2 aliphatic rings. The molecule has 31 heavy (non-hydrogen) atoms. The smallest absolute Gasteiger partial charge is 0.220 e. The molecular weight excluding hydrogens is 388 g/mol. The zero-order valence-corrected chi connectivity index (χ0v) is 18.3. The second kappa shape index (κ2) is 11.3. The molecule has 1 unspecified atom stereocenters. The number of carbonyl (C=O) groups excluding carboxylic acids is 1. The third-order valence-corrected chi connectivity index (χ3v) is 6.14. The third-order valence-electron chi connectivity index (χ3n) is 6.14. The van der Waals surface area contributed by atoms with Crippen LogP contribution < -0.4 is 10.1 Å². The molecule has 4 rings (SSSR count). The minimum Gasteiger partial charge on any atom is -0.490 e. The monoisotopic (exact) mass is 422 g/mol. The van der Waals surface area contributed by atoms with E-state index in [4.69, 9.17) is 9.47 Å². The molecule has 1 saturated heterocycles. The molecule has 2 aromatic rings. The van der Waals surface area contributed by atoms with Crippen molar-refractivity contribution < 1.29 is 14.3 Å². The molecule has 1 heterocycles. The van der Waals surface area contributed by atoms with E-state index in [1.165, 1.54) is 18.4 Å². The summed E-state index contributed by atoms with van der Waals surface area (Å²) in [5.41, 5.74) is 2.46. The molecule has 1 aliphatic heterocycles. The number of nitrogens with zero attached hydrogens (tertiary/aromatic N) is 1. The number of carbonyl (C=O) groups is 1. The fourth-order valence-corrected chi connectivity index (χ4v) is 4.44. The number of nitrogens with one attached hydrogen (secondary N) is 1. The van der Waals surface area contributed by atoms with Gasteiger partial charge in [-0.15, -0.1) is 0 Å². The summed E-state index contributed by atoms with van der Waals surface area (Å²) in [5, 5.41) is 3.06. The Balaban J connectivity index is 1.17. The third kappa shape index (κ3) is 7.08. The van der Waals surface area contributed by atoms with Crippen molar-refractivity contribution in [3.8, 4) is 5.75 Å². The molecule has 0 spiro atoms. The van der Waals surface area contributed by atoms with Gasteiger partial charge in [-0.2, -0.15) is 0 Å². The van der Waals surface area contributed by atoms with Gasteiger partial charge in [-0.1, -0.05) is 42.5 Å². The van der Waals surface area contributed by atoms with Crippen LogP contribution in [0.1, 0.15) is 43.2 Å². The van der Waals surface area contributed by atoms with Gasteiger partial charge in [-0.3, -0.25) is 9.69 Å². The van der Waals surface area contributed by atoms with Gasteiger partial charge in [0.25, 0.3) is 0 Å². The first-order valence-corrected chi connectivity index (χ1v) is 11.6. The Labute approximate surface area is 185 Å². The van der Waals surface area contributed by atoms with Gasteiger partial charge in [0.1, 0.15) is 5.75 Å². The first kappa shape index (κ1) is 21.8. The quantitative estimate of drug-likeness (QED) is 0.665. The van der Waals surface area contributed by atoms with Crippen LogP contribution in [0.15, 0.2) is 54.6 Å². The van der Waals surface area contributed by atoms with Crippen molar-refractivity contribution in [1.82, 2.24) is 10.2 Å². The number of ether oxygens (including phenoxy) is 2. The maximum atomic E-state index is 12.4. The van der Waals surface area contributed by atoms with E-state index in [2.05, 4.69) is 46.6 Å². The van der Waals surface area contributed by atoms with Gasteiger partial charge in [-0.25, -0.2) is 0 Å². The van der Waals surface area contributed by atoms with E-state index in [0.29, 0.717) is 25.7 Å². The molecule has 2 fully saturated rings. The molecule has 0 bridgehead atoms. The van der Waals surface area contributed by atoms with Gasteiger partial charge in [-0.05, 0) is 55.4 Å². The summed E-state index contributed by atoms with van der Waals surface area (Å²) in [6.45, 7) is 3.97. The molecule has 1 amide bonds. The number of morpholine rings is 1. The van der Waals surface area contributed by atoms with Crippen molar-refractivity contribution in [2.75, 3.05) is 26.2 Å². The van der Waals surface area contributed by atoms with Crippen molar-refractivity contribution in [3.05, 3.63) is 65.7 Å². The molecule has 0 aromatic heterocycles. The molecule has 5 nitrogen and oxygen atoms in total. The van der Waals surface area contributed by atoms with E-state index in [0.717, 1.165) is 50.2 Å². The Morgan fingerprint density at radius 1 is 1.06 bits per heavy atom. The lowest BCUT2D eigenvalue weighted by Crippen LogP contribution is -2.47. The van der Waals surface area contributed by atoms with Crippen LogP contribution in [0.3, 0.4) is 0 Å². The average molecular weight is 423 g/mol. The predicted octanol–water partition coefficient (Wildman–Crippen LogP) is 3.96. The topological polar surface area (TPSA) is 50.8 Å². The summed E-state index contributed by atoms with van der Waals surface area (Å²) < 4.78 is 11.9. The highest BCUT2D eigenvalue weighted by Crippen LogP contribution is 2.24. The van der Waals surface area contributed by atoms with Crippen LogP contribution in [0, 0.1) is 0 Å². The first-order valence-electron chi connectivity index (χ1n) is 11.6. The fourth-order valence-electron chi connectivity index (χ4n) is 4.44. The summed E-state index contributed by atoms with van der Waals surface area (Å²) in [6, 6.07) is 18.7. The van der Waals surface area contributed by atoms with Crippen LogP contribution in [-0.2, 0) is 22.5 Å². The molecule has 166 valence electrons. The summed E-state index contributed by atoms with van der Waals surface area (Å²) in [4.78, 5) is 14.8. The van der Waals surface area contributed by atoms with Crippen LogP contribution in [0.25, 0.3) is 0 Å². The van der Waals surface area contributed by atoms with Gasteiger partial charge >= 0.3 is 0 Å². The molecule has 1 saturated carbocycles. The Morgan fingerprint density at radius 2 is 1.87 bits per heavy atom.